The zero-order chi connectivity index (χ0) is 26.8. The van der Waals surface area contributed by atoms with E-state index in [1.54, 1.807) is 12.3 Å². The number of carbonyl (C=O) groups excluding carboxylic acids is 1. The number of aliphatic hydroxyl groups is 1. The van der Waals surface area contributed by atoms with Crippen LogP contribution in [0, 0.1) is 0 Å². The fourth-order valence-electron chi connectivity index (χ4n) is 4.42. The first kappa shape index (κ1) is 27.1. The van der Waals surface area contributed by atoms with Crippen LogP contribution in [0.3, 0.4) is 0 Å². The molecule has 1 amide bonds. The maximum atomic E-state index is 13.1. The summed E-state index contributed by atoms with van der Waals surface area (Å²) in [6, 6.07) is 11.0. The molecule has 2 aromatic carbocycles. The number of rotatable bonds is 7. The van der Waals surface area contributed by atoms with Crippen molar-refractivity contribution in [1.82, 2.24) is 4.90 Å². The van der Waals surface area contributed by atoms with Crippen LogP contribution in [0.5, 0.6) is 0 Å². The number of benzene rings is 2. The van der Waals surface area contributed by atoms with Crippen molar-refractivity contribution in [2.24, 2.45) is 4.99 Å². The molecule has 0 bridgehead atoms. The van der Waals surface area contributed by atoms with Gasteiger partial charge in [0.05, 0.1) is 17.9 Å². The normalized spacial score (nSPS) is 19.4. The van der Waals surface area contributed by atoms with Gasteiger partial charge in [-0.15, -0.1) is 0 Å². The Morgan fingerprint density at radius 2 is 1.86 bits per heavy atom. The lowest BCUT2D eigenvalue weighted by Crippen LogP contribution is -2.49. The van der Waals surface area contributed by atoms with Gasteiger partial charge in [-0.2, -0.15) is 13.2 Å². The van der Waals surface area contributed by atoms with Crippen molar-refractivity contribution in [1.29, 1.82) is 0 Å². The number of sulfonamides is 1. The summed E-state index contributed by atoms with van der Waals surface area (Å²) in [5.74, 6) is -0.167. The molecule has 0 aromatic heterocycles. The van der Waals surface area contributed by atoms with Crippen LogP contribution < -0.4 is 4.72 Å². The van der Waals surface area contributed by atoms with Crippen molar-refractivity contribution in [3.05, 3.63) is 53.6 Å². The molecular weight excluding hydrogens is 511 g/mol. The van der Waals surface area contributed by atoms with E-state index in [0.717, 1.165) is 12.0 Å². The van der Waals surface area contributed by atoms with Crippen LogP contribution in [-0.4, -0.2) is 68.6 Å². The summed E-state index contributed by atoms with van der Waals surface area (Å²) >= 11 is 0. The molecular formula is C25H28F3N3O5S. The number of hydrogen-bond donors (Lipinski definition) is 2. The third-order valence-corrected chi connectivity index (χ3v) is 7.94. The SMILES string of the molecule is CC1CC=Nc2c1cccc2S(=O)(=O)Nc1ccc(C(=O)N2CCC(O)(COCC(F)(F)F)CC2)cc1. The van der Waals surface area contributed by atoms with Crippen molar-refractivity contribution in [3.8, 4) is 0 Å². The number of halogens is 3. The standard InChI is InChI=1S/C25H28F3N3O5S/c1-17-9-12-29-22-20(17)3-2-4-21(22)37(34,35)30-19-7-5-18(6-8-19)23(32)31-13-10-24(33,11-14-31)15-36-16-25(26,27)28/h2-8,12,17,30,33H,9-11,13-16H2,1H3. The summed E-state index contributed by atoms with van der Waals surface area (Å²) in [5, 5.41) is 10.5. The van der Waals surface area contributed by atoms with Crippen molar-refractivity contribution in [2.75, 3.05) is 31.0 Å². The molecule has 1 unspecified atom stereocenters. The number of para-hydroxylation sites is 1. The van der Waals surface area contributed by atoms with E-state index in [9.17, 15) is 31.5 Å². The summed E-state index contributed by atoms with van der Waals surface area (Å²) in [4.78, 5) is 18.8. The molecule has 12 heteroatoms. The number of aliphatic imine (C=N–C) groups is 1. The van der Waals surface area contributed by atoms with E-state index in [-0.39, 0.29) is 48.3 Å². The number of nitrogens with zero attached hydrogens (tertiary/aromatic N) is 2. The Bertz CT molecular complexity index is 1270. The third-order valence-electron chi connectivity index (χ3n) is 6.53. The Morgan fingerprint density at radius 3 is 2.51 bits per heavy atom. The Kier molecular flexibility index (Phi) is 7.63. The highest BCUT2D eigenvalue weighted by atomic mass is 32.2. The van der Waals surface area contributed by atoms with Gasteiger partial charge in [-0.05, 0) is 61.1 Å². The fourth-order valence-corrected chi connectivity index (χ4v) is 5.66. The van der Waals surface area contributed by atoms with Crippen LogP contribution in [0.15, 0.2) is 52.4 Å². The maximum absolute atomic E-state index is 13.1. The molecule has 200 valence electrons. The molecule has 1 saturated heterocycles. The van der Waals surface area contributed by atoms with Gasteiger partial charge in [0.1, 0.15) is 11.5 Å². The van der Waals surface area contributed by atoms with Gasteiger partial charge < -0.3 is 14.7 Å². The molecule has 2 aliphatic heterocycles. The second-order valence-electron chi connectivity index (χ2n) is 9.45. The van der Waals surface area contributed by atoms with Gasteiger partial charge in [-0.1, -0.05) is 19.1 Å². The number of nitrogens with one attached hydrogen (secondary N) is 1. The number of likely N-dealkylation sites (tertiary alicyclic amines) is 1. The first-order valence-electron chi connectivity index (χ1n) is 11.8. The predicted molar refractivity (Wildman–Crippen MR) is 132 cm³/mol. The monoisotopic (exact) mass is 539 g/mol. The van der Waals surface area contributed by atoms with Crippen LogP contribution in [-0.2, 0) is 14.8 Å². The van der Waals surface area contributed by atoms with E-state index in [1.165, 1.54) is 35.2 Å². The second kappa shape index (κ2) is 10.4. The van der Waals surface area contributed by atoms with Crippen LogP contribution in [0.2, 0.25) is 0 Å². The highest BCUT2D eigenvalue weighted by molar-refractivity contribution is 7.92. The van der Waals surface area contributed by atoms with E-state index in [2.05, 4.69) is 14.5 Å². The van der Waals surface area contributed by atoms with E-state index in [4.69, 9.17) is 0 Å². The molecule has 4 rings (SSSR count). The average molecular weight is 540 g/mol. The summed E-state index contributed by atoms with van der Waals surface area (Å²) in [6.45, 7) is 0.411. The highest BCUT2D eigenvalue weighted by Crippen LogP contribution is 2.37. The average Bonchev–Trinajstić information content (AvgIpc) is 2.83. The van der Waals surface area contributed by atoms with Crippen LogP contribution in [0.25, 0.3) is 0 Å². The lowest BCUT2D eigenvalue weighted by Gasteiger charge is -2.38. The van der Waals surface area contributed by atoms with Crippen molar-refractivity contribution < 1.29 is 36.2 Å². The van der Waals surface area contributed by atoms with Gasteiger partial charge in [-0.3, -0.25) is 14.5 Å². The molecule has 1 atom stereocenters. The van der Waals surface area contributed by atoms with Gasteiger partial charge in [0.25, 0.3) is 15.9 Å². The van der Waals surface area contributed by atoms with E-state index >= 15 is 0 Å². The topological polar surface area (TPSA) is 108 Å². The minimum Gasteiger partial charge on any atom is -0.387 e. The molecule has 2 aliphatic rings. The summed E-state index contributed by atoms with van der Waals surface area (Å²) < 4.78 is 70.1. The second-order valence-corrected chi connectivity index (χ2v) is 11.1. The van der Waals surface area contributed by atoms with E-state index in [0.29, 0.717) is 11.3 Å². The number of anilines is 1. The Hall–Kier alpha value is -2.96. The highest BCUT2D eigenvalue weighted by Gasteiger charge is 2.36. The Morgan fingerprint density at radius 1 is 1.19 bits per heavy atom. The summed E-state index contributed by atoms with van der Waals surface area (Å²) in [5.41, 5.74) is 0.456. The van der Waals surface area contributed by atoms with Crippen molar-refractivity contribution in [3.63, 3.8) is 0 Å². The van der Waals surface area contributed by atoms with Gasteiger partial charge in [-0.25, -0.2) is 8.42 Å². The number of fused-ring (bicyclic) bond motifs is 1. The van der Waals surface area contributed by atoms with Crippen LogP contribution >= 0.6 is 0 Å². The van der Waals surface area contributed by atoms with Crippen LogP contribution in [0.1, 0.15) is 48.0 Å². The minimum absolute atomic E-state index is 0.0768. The number of carbonyl (C=O) groups is 1. The maximum Gasteiger partial charge on any atom is 0.411 e. The van der Waals surface area contributed by atoms with E-state index in [1.807, 2.05) is 13.0 Å². The molecule has 2 aromatic rings. The molecule has 0 radical (unpaired) electrons. The summed E-state index contributed by atoms with van der Waals surface area (Å²) in [7, 11) is -3.93. The Balaban J connectivity index is 1.37. The largest absolute Gasteiger partial charge is 0.411 e. The van der Waals surface area contributed by atoms with Gasteiger partial charge >= 0.3 is 6.18 Å². The molecule has 0 aliphatic carbocycles. The molecule has 37 heavy (non-hydrogen) atoms. The Labute approximate surface area is 213 Å². The van der Waals surface area contributed by atoms with Crippen LogP contribution in [0.4, 0.5) is 24.5 Å². The van der Waals surface area contributed by atoms with Crippen molar-refractivity contribution in [2.45, 2.75) is 48.8 Å². The van der Waals surface area contributed by atoms with Crippen molar-refractivity contribution >= 4 is 33.5 Å². The molecule has 2 heterocycles. The fraction of sp³-hybridized carbons (Fsp3) is 0.440. The number of alkyl halides is 3. The van der Waals surface area contributed by atoms with Gasteiger partial charge in [0.15, 0.2) is 0 Å². The number of piperidine rings is 1. The zero-order valence-electron chi connectivity index (χ0n) is 20.2. The zero-order valence-corrected chi connectivity index (χ0v) is 21.0. The first-order valence-corrected chi connectivity index (χ1v) is 13.3. The smallest absolute Gasteiger partial charge is 0.387 e. The summed E-state index contributed by atoms with van der Waals surface area (Å²) in [6.07, 6.45) is -1.86. The number of ether oxygens (including phenoxy) is 1. The third kappa shape index (κ3) is 6.49. The first-order chi connectivity index (χ1) is 17.4. The van der Waals surface area contributed by atoms with Gasteiger partial charge in [0.2, 0.25) is 0 Å². The predicted octanol–water partition coefficient (Wildman–Crippen LogP) is 4.24. The van der Waals surface area contributed by atoms with E-state index < -0.39 is 35.0 Å². The lowest BCUT2D eigenvalue weighted by atomic mass is 9.92. The quantitative estimate of drug-likeness (QED) is 0.547. The van der Waals surface area contributed by atoms with Gasteiger partial charge in [0, 0.05) is 30.6 Å². The molecule has 1 fully saturated rings. The number of amides is 1. The minimum atomic E-state index is -4.47. The number of hydrogen-bond acceptors (Lipinski definition) is 6. The molecule has 0 spiro atoms. The molecule has 8 nitrogen and oxygen atoms in total. The molecule has 2 N–H and O–H groups in total. The molecule has 0 saturated carbocycles. The lowest BCUT2D eigenvalue weighted by molar-refractivity contribution is -0.189.